The minimum Gasteiger partial charge on any atom is -0.420 e. The molecule has 21 heavy (non-hydrogen) atoms. The van der Waals surface area contributed by atoms with E-state index in [0.29, 0.717) is 0 Å². The third-order valence-electron chi connectivity index (χ3n) is 2.53. The molecule has 0 N–H and O–H groups in total. The molecule has 0 saturated heterocycles. The number of hydrogen-bond donors (Lipinski definition) is 0. The highest BCUT2D eigenvalue weighted by Crippen LogP contribution is 2.29. The molecule has 0 heterocycles. The molecule has 1 aromatic carbocycles. The first-order valence-corrected chi connectivity index (χ1v) is 5.72. The number of halogens is 5. The van der Waals surface area contributed by atoms with Gasteiger partial charge >= 0.3 is 5.97 Å². The molecule has 0 amide bonds. The maximum absolute atomic E-state index is 13.3. The minimum atomic E-state index is -2.37. The molecule has 0 saturated carbocycles. The van der Waals surface area contributed by atoms with Gasteiger partial charge in [-0.15, -0.1) is 0 Å². The zero-order valence-electron chi connectivity index (χ0n) is 11.3. The number of Topliss-reactive ketones (excluding diaryl/α,β-unsaturated/α-hetero) is 1. The summed E-state index contributed by atoms with van der Waals surface area (Å²) in [5.74, 6) is -15.1. The lowest BCUT2D eigenvalue weighted by Crippen LogP contribution is -2.25. The molecule has 0 unspecified atom stereocenters. The predicted molar refractivity (Wildman–Crippen MR) is 60.9 cm³/mol. The summed E-state index contributed by atoms with van der Waals surface area (Å²) in [7, 11) is 0. The van der Waals surface area contributed by atoms with E-state index in [0.717, 1.165) is 0 Å². The van der Waals surface area contributed by atoms with Gasteiger partial charge in [0.05, 0.1) is 0 Å². The van der Waals surface area contributed by atoms with Crippen LogP contribution >= 0.6 is 0 Å². The Bertz CT molecular complexity index is 576. The summed E-state index contributed by atoms with van der Waals surface area (Å²) < 4.78 is 69.2. The van der Waals surface area contributed by atoms with Crippen LogP contribution in [0.25, 0.3) is 0 Å². The van der Waals surface area contributed by atoms with Crippen molar-refractivity contribution in [3.8, 4) is 5.75 Å². The molecular formula is C13H11F5O3. The standard InChI is InChI=1S/C13H11F5O3/c1-13(2,3)5(19)4-6(20)21-12-10(17)8(15)7(14)9(16)11(12)18/h4H2,1-3H3. The highest BCUT2D eigenvalue weighted by molar-refractivity contribution is 5.98. The van der Waals surface area contributed by atoms with E-state index in [-0.39, 0.29) is 0 Å². The van der Waals surface area contributed by atoms with Crippen molar-refractivity contribution in [2.24, 2.45) is 5.41 Å². The fourth-order valence-corrected chi connectivity index (χ4v) is 1.22. The van der Waals surface area contributed by atoms with Crippen LogP contribution in [-0.4, -0.2) is 11.8 Å². The third kappa shape index (κ3) is 3.56. The zero-order valence-corrected chi connectivity index (χ0v) is 11.3. The van der Waals surface area contributed by atoms with E-state index in [4.69, 9.17) is 0 Å². The average Bonchev–Trinajstić information content (AvgIpc) is 2.38. The molecule has 0 aliphatic heterocycles. The number of rotatable bonds is 3. The van der Waals surface area contributed by atoms with Gasteiger partial charge in [0.1, 0.15) is 12.2 Å². The molecule has 8 heteroatoms. The van der Waals surface area contributed by atoms with Gasteiger partial charge < -0.3 is 4.74 Å². The highest BCUT2D eigenvalue weighted by Gasteiger charge is 2.30. The highest BCUT2D eigenvalue weighted by atomic mass is 19.2. The predicted octanol–water partition coefficient (Wildman–Crippen LogP) is 3.29. The Kier molecular flexibility index (Phi) is 4.70. The molecule has 3 nitrogen and oxygen atoms in total. The van der Waals surface area contributed by atoms with Gasteiger partial charge in [-0.1, -0.05) is 20.8 Å². The van der Waals surface area contributed by atoms with E-state index in [1.807, 2.05) is 0 Å². The van der Waals surface area contributed by atoms with E-state index in [9.17, 15) is 31.5 Å². The lowest BCUT2D eigenvalue weighted by Gasteiger charge is -2.16. The molecule has 0 aliphatic rings. The fraction of sp³-hybridized carbons (Fsp3) is 0.385. The van der Waals surface area contributed by atoms with Gasteiger partial charge in [0.2, 0.25) is 34.8 Å². The van der Waals surface area contributed by atoms with Crippen LogP contribution in [0.1, 0.15) is 27.2 Å². The molecule has 0 atom stereocenters. The molecule has 1 aromatic rings. The van der Waals surface area contributed by atoms with Crippen molar-refractivity contribution < 1.29 is 36.3 Å². The van der Waals surface area contributed by atoms with Crippen LogP contribution < -0.4 is 4.74 Å². The largest absolute Gasteiger partial charge is 0.420 e. The third-order valence-corrected chi connectivity index (χ3v) is 2.53. The Morgan fingerprint density at radius 2 is 1.24 bits per heavy atom. The van der Waals surface area contributed by atoms with Gasteiger partial charge in [-0.3, -0.25) is 9.59 Å². The topological polar surface area (TPSA) is 43.4 Å². The number of hydrogen-bond acceptors (Lipinski definition) is 3. The normalized spacial score (nSPS) is 11.4. The second-order valence-electron chi connectivity index (χ2n) is 5.22. The summed E-state index contributed by atoms with van der Waals surface area (Å²) >= 11 is 0. The summed E-state index contributed by atoms with van der Waals surface area (Å²) in [6, 6.07) is 0. The van der Waals surface area contributed by atoms with Crippen molar-refractivity contribution in [3.05, 3.63) is 29.1 Å². The number of esters is 1. The van der Waals surface area contributed by atoms with Gasteiger partial charge in [0, 0.05) is 5.41 Å². The molecule has 0 radical (unpaired) electrons. The molecule has 116 valence electrons. The monoisotopic (exact) mass is 310 g/mol. The molecule has 0 fully saturated rings. The summed E-state index contributed by atoms with van der Waals surface area (Å²) in [5.41, 5.74) is -0.921. The summed E-state index contributed by atoms with van der Waals surface area (Å²) in [6.45, 7) is 4.46. The van der Waals surface area contributed by atoms with Crippen molar-refractivity contribution in [1.82, 2.24) is 0 Å². The first-order chi connectivity index (χ1) is 9.46. The first-order valence-electron chi connectivity index (χ1n) is 5.72. The van der Waals surface area contributed by atoms with Crippen molar-refractivity contribution in [3.63, 3.8) is 0 Å². The first kappa shape index (κ1) is 17.1. The van der Waals surface area contributed by atoms with E-state index in [1.165, 1.54) is 20.8 Å². The van der Waals surface area contributed by atoms with E-state index in [1.54, 1.807) is 0 Å². The number of benzene rings is 1. The zero-order chi connectivity index (χ0) is 16.5. The van der Waals surface area contributed by atoms with Crippen molar-refractivity contribution in [1.29, 1.82) is 0 Å². The fourth-order valence-electron chi connectivity index (χ4n) is 1.22. The van der Waals surface area contributed by atoms with Gasteiger partial charge in [-0.2, -0.15) is 8.78 Å². The second kappa shape index (κ2) is 5.79. The van der Waals surface area contributed by atoms with E-state index < -0.39 is 58.4 Å². The van der Waals surface area contributed by atoms with Crippen molar-refractivity contribution in [2.75, 3.05) is 0 Å². The molecule has 0 aliphatic carbocycles. The van der Waals surface area contributed by atoms with E-state index in [2.05, 4.69) is 4.74 Å². The Morgan fingerprint density at radius 3 is 1.62 bits per heavy atom. The van der Waals surface area contributed by atoms with Gasteiger partial charge in [0.15, 0.2) is 0 Å². The van der Waals surface area contributed by atoms with Crippen LogP contribution in [-0.2, 0) is 9.59 Å². The Morgan fingerprint density at radius 1 is 0.857 bits per heavy atom. The van der Waals surface area contributed by atoms with Crippen LogP contribution in [0.15, 0.2) is 0 Å². The Hall–Kier alpha value is -1.99. The molecule has 0 spiro atoms. The minimum absolute atomic E-state index is 0.614. The maximum atomic E-state index is 13.3. The molecule has 0 aromatic heterocycles. The molecule has 0 bridgehead atoms. The Balaban J connectivity index is 3.05. The SMILES string of the molecule is CC(C)(C)C(=O)CC(=O)Oc1c(F)c(F)c(F)c(F)c1F. The van der Waals surface area contributed by atoms with Crippen LogP contribution in [0.4, 0.5) is 22.0 Å². The number of carbonyl (C=O) groups excluding carboxylic acids is 2. The van der Waals surface area contributed by atoms with Crippen molar-refractivity contribution >= 4 is 11.8 Å². The number of ether oxygens (including phenoxy) is 1. The van der Waals surface area contributed by atoms with E-state index >= 15 is 0 Å². The van der Waals surface area contributed by atoms with Gasteiger partial charge in [0.25, 0.3) is 0 Å². The lowest BCUT2D eigenvalue weighted by molar-refractivity contribution is -0.140. The van der Waals surface area contributed by atoms with Crippen LogP contribution in [0.5, 0.6) is 5.75 Å². The van der Waals surface area contributed by atoms with Crippen LogP contribution in [0.2, 0.25) is 0 Å². The summed E-state index contributed by atoms with van der Waals surface area (Å²) in [4.78, 5) is 22.9. The summed E-state index contributed by atoms with van der Waals surface area (Å²) in [6.07, 6.45) is -0.858. The average molecular weight is 310 g/mol. The Labute approximate surface area is 116 Å². The summed E-state index contributed by atoms with van der Waals surface area (Å²) in [5, 5.41) is 0. The lowest BCUT2D eigenvalue weighted by atomic mass is 9.89. The van der Waals surface area contributed by atoms with Crippen molar-refractivity contribution in [2.45, 2.75) is 27.2 Å². The second-order valence-corrected chi connectivity index (χ2v) is 5.22. The smallest absolute Gasteiger partial charge is 0.318 e. The van der Waals surface area contributed by atoms with Gasteiger partial charge in [-0.05, 0) is 0 Å². The van der Waals surface area contributed by atoms with Gasteiger partial charge in [-0.25, -0.2) is 13.2 Å². The van der Waals surface area contributed by atoms with Crippen LogP contribution in [0, 0.1) is 34.5 Å². The number of carbonyl (C=O) groups is 2. The molecule has 1 rings (SSSR count). The maximum Gasteiger partial charge on any atom is 0.318 e. The molecular weight excluding hydrogens is 299 g/mol. The number of ketones is 1. The van der Waals surface area contributed by atoms with Crippen LogP contribution in [0.3, 0.4) is 0 Å². The quantitative estimate of drug-likeness (QED) is 0.215.